The van der Waals surface area contributed by atoms with Gasteiger partial charge in [0.15, 0.2) is 5.11 Å². The molecular weight excluding hydrogens is 946 g/mol. The quantitative estimate of drug-likeness (QED) is 0.0803. The molecule has 7 rings (SSSR count). The smallest absolute Gasteiger partial charge is 0.417 e. The molecule has 3 atom stereocenters. The van der Waals surface area contributed by atoms with Crippen LogP contribution in [0, 0.1) is 16.7 Å². The highest BCUT2D eigenvalue weighted by atomic mass is 32.1. The number of likely N-dealkylation sites (tertiary alicyclic amines) is 2. The Morgan fingerprint density at radius 1 is 1.01 bits per heavy atom. The van der Waals surface area contributed by atoms with Crippen LogP contribution in [0.4, 0.5) is 24.5 Å². The van der Waals surface area contributed by atoms with Crippen molar-refractivity contribution < 1.29 is 46.9 Å². The van der Waals surface area contributed by atoms with E-state index in [0.29, 0.717) is 37.7 Å². The van der Waals surface area contributed by atoms with E-state index in [1.807, 2.05) is 45.0 Å². The zero-order chi connectivity index (χ0) is 50.5. The van der Waals surface area contributed by atoms with E-state index in [1.165, 1.54) is 22.3 Å². The number of aliphatic hydroxyl groups excluding tert-OH is 1. The van der Waals surface area contributed by atoms with Crippen molar-refractivity contribution in [1.29, 1.82) is 5.26 Å². The number of β-amino-alcohol motifs (C(OH)–C–C–N with tert-alkyl or cyclic N) is 1. The molecule has 3 saturated heterocycles. The molecule has 0 bridgehead atoms. The number of alkyl halides is 3. The molecule has 4 heterocycles. The van der Waals surface area contributed by atoms with Crippen molar-refractivity contribution in [1.82, 2.24) is 25.4 Å². The monoisotopic (exact) mass is 1000 g/mol. The summed E-state index contributed by atoms with van der Waals surface area (Å²) in [6, 6.07) is 17.4. The first-order valence-corrected chi connectivity index (χ1v) is 24.3. The van der Waals surface area contributed by atoms with Crippen LogP contribution in [0.3, 0.4) is 0 Å². The van der Waals surface area contributed by atoms with Gasteiger partial charge in [0, 0.05) is 57.4 Å². The molecule has 0 unspecified atom stereocenters. The van der Waals surface area contributed by atoms with Gasteiger partial charge in [0.2, 0.25) is 17.7 Å². The molecule has 0 spiro atoms. The Hall–Kier alpha value is -5.98. The third-order valence-electron chi connectivity index (χ3n) is 12.8. The van der Waals surface area contributed by atoms with Gasteiger partial charge in [-0.05, 0) is 97.9 Å². The van der Waals surface area contributed by atoms with Crippen molar-refractivity contribution in [2.24, 2.45) is 5.41 Å². The van der Waals surface area contributed by atoms with Crippen LogP contribution in [0.2, 0.25) is 0 Å². The van der Waals surface area contributed by atoms with Gasteiger partial charge < -0.3 is 39.9 Å². The molecule has 3 fully saturated rings. The number of aromatic nitrogens is 1. The fourth-order valence-corrected chi connectivity index (χ4v) is 10.0. The first kappa shape index (κ1) is 51.9. The Kier molecular flexibility index (Phi) is 16.0. The number of aliphatic hydroxyl groups is 1. The third-order valence-corrected chi connectivity index (χ3v) is 14.0. The van der Waals surface area contributed by atoms with E-state index in [2.05, 4.69) is 20.5 Å². The lowest BCUT2D eigenvalue weighted by molar-refractivity contribution is -0.144. The summed E-state index contributed by atoms with van der Waals surface area (Å²) in [5.74, 6) is -1.06. The molecule has 0 aliphatic carbocycles. The standard InChI is InChI=1S/C50H57F3N8O7S2/c1-48(2,3)43(45(65)59-29-36(62)25-40(59)44(64)56-27-31-6-8-32(9-7-31)41-28-55-30-70-41)57-42(63)18-21-58-19-16-38(17-20-58)68-23-22-67-37-14-12-34(13-15-37)61-47(69)60(46(66)49(61,4)5)35-11-10-33(26-54)39(24-35)50(51,52)53/h6-15,24,28,30,36,38,40,43,62H,16-23,25,27,29H2,1-5H3,(H,56,64)(H,57,63)/t36-,40+,43-/m1/s1. The first-order valence-electron chi connectivity index (χ1n) is 23.1. The third kappa shape index (κ3) is 11.9. The molecular formula is C50H57F3N8O7S2. The molecule has 0 saturated carbocycles. The van der Waals surface area contributed by atoms with Crippen LogP contribution in [-0.2, 0) is 36.6 Å². The van der Waals surface area contributed by atoms with Gasteiger partial charge in [0.25, 0.3) is 5.91 Å². The average Bonchev–Trinajstić information content (AvgIpc) is 4.05. The lowest BCUT2D eigenvalue weighted by Crippen LogP contribution is -2.58. The van der Waals surface area contributed by atoms with Crippen LogP contribution in [0.25, 0.3) is 10.4 Å². The zero-order valence-corrected chi connectivity index (χ0v) is 41.3. The molecule has 70 heavy (non-hydrogen) atoms. The molecule has 20 heteroatoms. The minimum atomic E-state index is -4.80. The van der Waals surface area contributed by atoms with Crippen LogP contribution in [-0.4, -0.2) is 118 Å². The Labute approximate surface area is 414 Å². The predicted molar refractivity (Wildman–Crippen MR) is 262 cm³/mol. The molecule has 3 aromatic carbocycles. The lowest BCUT2D eigenvalue weighted by Gasteiger charge is -2.36. The topological polar surface area (TPSA) is 181 Å². The summed E-state index contributed by atoms with van der Waals surface area (Å²) < 4.78 is 53.3. The zero-order valence-electron chi connectivity index (χ0n) is 39.6. The number of carbonyl (C=O) groups excluding carboxylic acids is 4. The van der Waals surface area contributed by atoms with Gasteiger partial charge in [0.05, 0.1) is 52.1 Å². The van der Waals surface area contributed by atoms with Gasteiger partial charge in [0.1, 0.15) is 30.0 Å². The number of thiocarbonyl (C=S) groups is 1. The molecule has 3 N–H and O–H groups in total. The number of nitrogens with zero attached hydrogens (tertiary/aromatic N) is 6. The minimum absolute atomic E-state index is 0.00293. The number of anilines is 2. The number of ether oxygens (including phenoxy) is 2. The van der Waals surface area contributed by atoms with Gasteiger partial charge in [-0.15, -0.1) is 11.3 Å². The summed E-state index contributed by atoms with van der Waals surface area (Å²) in [6.07, 6.45) is -2.12. The molecule has 4 amide bonds. The highest BCUT2D eigenvalue weighted by Gasteiger charge is 2.51. The summed E-state index contributed by atoms with van der Waals surface area (Å²) in [7, 11) is 0. The number of hydrogen-bond acceptors (Lipinski definition) is 12. The van der Waals surface area contributed by atoms with Crippen molar-refractivity contribution in [2.45, 2.75) is 103 Å². The summed E-state index contributed by atoms with van der Waals surface area (Å²) in [5.41, 5.74) is 0.495. The number of halogens is 3. The van der Waals surface area contributed by atoms with Gasteiger partial charge in [-0.25, -0.2) is 0 Å². The number of thiazole rings is 1. The van der Waals surface area contributed by atoms with Crippen molar-refractivity contribution in [3.05, 3.63) is 95.1 Å². The number of rotatable bonds is 16. The van der Waals surface area contributed by atoms with Gasteiger partial charge >= 0.3 is 6.18 Å². The van der Waals surface area contributed by atoms with E-state index < -0.39 is 58.3 Å². The number of amides is 4. The SMILES string of the molecule is CC(C)(C)[C@H](NC(=O)CCN1CCC(OCCOc2ccc(N3C(=S)N(c4ccc(C#N)c(C(F)(F)F)c4)C(=O)C3(C)C)cc2)CC1)C(=O)N1C[C@H](O)C[C@H]1C(=O)NCc1ccc(-c2cncs2)cc1. The lowest BCUT2D eigenvalue weighted by atomic mass is 9.85. The number of nitrogens with one attached hydrogen (secondary N) is 2. The predicted octanol–water partition coefficient (Wildman–Crippen LogP) is 6.68. The number of nitriles is 1. The summed E-state index contributed by atoms with van der Waals surface area (Å²) in [5, 5.41) is 25.7. The molecule has 15 nitrogen and oxygen atoms in total. The maximum atomic E-state index is 14.1. The van der Waals surface area contributed by atoms with Crippen LogP contribution in [0.15, 0.2) is 78.4 Å². The average molecular weight is 1000 g/mol. The van der Waals surface area contributed by atoms with E-state index in [9.17, 15) is 42.7 Å². The largest absolute Gasteiger partial charge is 0.491 e. The van der Waals surface area contributed by atoms with Crippen molar-refractivity contribution in [2.75, 3.05) is 49.2 Å². The van der Waals surface area contributed by atoms with Gasteiger partial charge in [-0.1, -0.05) is 45.0 Å². The number of hydrogen-bond donors (Lipinski definition) is 3. The number of benzene rings is 3. The van der Waals surface area contributed by atoms with Crippen LogP contribution < -0.4 is 25.2 Å². The Morgan fingerprint density at radius 3 is 2.33 bits per heavy atom. The Morgan fingerprint density at radius 2 is 1.70 bits per heavy atom. The van der Waals surface area contributed by atoms with E-state index in [1.54, 1.807) is 60.8 Å². The second kappa shape index (κ2) is 21.6. The Balaban J connectivity index is 0.827. The van der Waals surface area contributed by atoms with Crippen molar-refractivity contribution in [3.63, 3.8) is 0 Å². The molecule has 3 aliphatic heterocycles. The highest BCUT2D eigenvalue weighted by molar-refractivity contribution is 7.81. The maximum absolute atomic E-state index is 14.1. The van der Waals surface area contributed by atoms with E-state index in [4.69, 9.17) is 21.7 Å². The highest BCUT2D eigenvalue weighted by Crippen LogP contribution is 2.40. The van der Waals surface area contributed by atoms with Crippen LogP contribution >= 0.6 is 23.6 Å². The van der Waals surface area contributed by atoms with Crippen LogP contribution in [0.1, 0.15) is 77.0 Å². The fourth-order valence-electron chi connectivity index (χ4n) is 8.89. The van der Waals surface area contributed by atoms with Crippen molar-refractivity contribution in [3.8, 4) is 22.3 Å². The van der Waals surface area contributed by atoms with Gasteiger partial charge in [-0.2, -0.15) is 18.4 Å². The second-order valence-electron chi connectivity index (χ2n) is 19.2. The second-order valence-corrected chi connectivity index (χ2v) is 20.5. The minimum Gasteiger partial charge on any atom is -0.491 e. The van der Waals surface area contributed by atoms with E-state index >= 15 is 0 Å². The summed E-state index contributed by atoms with van der Waals surface area (Å²) in [6.45, 7) is 11.6. The van der Waals surface area contributed by atoms with E-state index in [0.717, 1.165) is 45.9 Å². The Bertz CT molecular complexity index is 2580. The molecule has 0 radical (unpaired) electrons. The maximum Gasteiger partial charge on any atom is 0.417 e. The normalized spacial score (nSPS) is 19.3. The van der Waals surface area contributed by atoms with Crippen LogP contribution in [0.5, 0.6) is 5.75 Å². The first-order chi connectivity index (χ1) is 33.1. The number of piperidine rings is 1. The summed E-state index contributed by atoms with van der Waals surface area (Å²) >= 11 is 7.18. The molecule has 4 aromatic rings. The number of carbonyl (C=O) groups is 4. The summed E-state index contributed by atoms with van der Waals surface area (Å²) in [4.78, 5) is 65.8. The molecule has 1 aromatic heterocycles. The molecule has 372 valence electrons. The fraction of sp³-hybridized carbons (Fsp3) is 0.460. The van der Waals surface area contributed by atoms with Crippen molar-refractivity contribution >= 4 is 63.7 Å². The van der Waals surface area contributed by atoms with E-state index in [-0.39, 0.29) is 61.3 Å². The molecule has 3 aliphatic rings. The van der Waals surface area contributed by atoms with Gasteiger partial charge in [-0.3, -0.25) is 29.1 Å².